The van der Waals surface area contributed by atoms with E-state index in [-0.39, 0.29) is 94.2 Å². The molecule has 4 amide bonds. The molecule has 10 rings (SSSR count). The molecule has 1 aromatic heterocycles. The second kappa shape index (κ2) is 19.2. The fraction of sp³-hybridized carbons (Fsp3) is 0.453. The van der Waals surface area contributed by atoms with Crippen molar-refractivity contribution in [2.45, 2.75) is 107 Å². The van der Waals surface area contributed by atoms with Crippen molar-refractivity contribution in [3.05, 3.63) is 111 Å². The van der Waals surface area contributed by atoms with Gasteiger partial charge in [0.2, 0.25) is 23.6 Å². The fourth-order valence-corrected chi connectivity index (χ4v) is 12.6. The Morgan fingerprint density at radius 2 is 1.59 bits per heavy atom. The number of nitrogens with two attached hydrogens (primary N) is 1. The van der Waals surface area contributed by atoms with Gasteiger partial charge in [-0.05, 0) is 101 Å². The van der Waals surface area contributed by atoms with Crippen LogP contribution in [0.5, 0.6) is 11.5 Å². The lowest BCUT2D eigenvalue weighted by Gasteiger charge is -2.43. The van der Waals surface area contributed by atoms with Crippen molar-refractivity contribution in [1.82, 2.24) is 30.2 Å². The molecule has 3 saturated heterocycles. The van der Waals surface area contributed by atoms with Gasteiger partial charge in [-0.1, -0.05) is 48.9 Å². The molecule has 13 nitrogen and oxygen atoms in total. The SMILES string of the molecule is C[C@H]1c2c(cc(F)c(Cl)c2-c2c(C(N)=O)ccc(O)c2F)O[C@]1(CNC1CCC(C(=O)N2CCC(N3CCC(c4c(F)cc5c(C6CCC(=O)NC6=O)nn(C)c5c4F)CC3)CC2)CC1)c1ccccc1. The van der Waals surface area contributed by atoms with E-state index < -0.39 is 68.9 Å². The first-order valence-electron chi connectivity index (χ1n) is 24.6. The average Bonchev–Trinajstić information content (AvgIpc) is 3.84. The number of hydrogen-bond acceptors (Lipinski definition) is 9. The van der Waals surface area contributed by atoms with Crippen LogP contribution in [0.1, 0.15) is 122 Å². The summed E-state index contributed by atoms with van der Waals surface area (Å²) in [5.41, 5.74) is 5.33. The van der Waals surface area contributed by atoms with Crippen LogP contribution in [0.3, 0.4) is 0 Å². The molecule has 71 heavy (non-hydrogen) atoms. The van der Waals surface area contributed by atoms with Crippen molar-refractivity contribution in [3.63, 3.8) is 0 Å². The Labute approximate surface area is 413 Å². The van der Waals surface area contributed by atoms with Gasteiger partial charge >= 0.3 is 0 Å². The molecule has 4 aromatic carbocycles. The smallest absolute Gasteiger partial charge is 0.249 e. The van der Waals surface area contributed by atoms with Crippen molar-refractivity contribution >= 4 is 46.1 Å². The monoisotopic (exact) mass is 997 g/mol. The summed E-state index contributed by atoms with van der Waals surface area (Å²) in [6.07, 6.45) is 5.94. The van der Waals surface area contributed by atoms with Gasteiger partial charge in [-0.25, -0.2) is 17.6 Å². The van der Waals surface area contributed by atoms with Gasteiger partial charge in [-0.2, -0.15) is 5.10 Å². The maximum atomic E-state index is 16.3. The second-order valence-corrected chi connectivity index (χ2v) is 20.4. The van der Waals surface area contributed by atoms with Crippen LogP contribution in [-0.4, -0.2) is 93.1 Å². The molecule has 1 aliphatic carbocycles. The lowest BCUT2D eigenvalue weighted by molar-refractivity contribution is -0.138. The van der Waals surface area contributed by atoms with Gasteiger partial charge < -0.3 is 30.7 Å². The molecule has 5 aliphatic rings. The number of carbonyl (C=O) groups excluding carboxylic acids is 4. The topological polar surface area (TPSA) is 172 Å². The Balaban J connectivity index is 0.750. The van der Waals surface area contributed by atoms with Gasteiger partial charge in [-0.3, -0.25) is 29.2 Å². The maximum absolute atomic E-state index is 16.3. The minimum atomic E-state index is -1.16. The zero-order valence-corrected chi connectivity index (χ0v) is 40.3. The summed E-state index contributed by atoms with van der Waals surface area (Å²) in [6.45, 7) is 4.74. The summed E-state index contributed by atoms with van der Waals surface area (Å²) >= 11 is 6.61. The lowest BCUT2D eigenvalue weighted by atomic mass is 9.77. The zero-order chi connectivity index (χ0) is 50.0. The number of fused-ring (bicyclic) bond motifs is 2. The first-order chi connectivity index (χ1) is 34.1. The molecule has 374 valence electrons. The third kappa shape index (κ3) is 8.60. The average molecular weight is 999 g/mol. The number of aryl methyl sites for hydroxylation is 1. The minimum Gasteiger partial charge on any atom is -0.505 e. The summed E-state index contributed by atoms with van der Waals surface area (Å²) in [6, 6.07) is 14.3. The summed E-state index contributed by atoms with van der Waals surface area (Å²) in [4.78, 5) is 55.3. The minimum absolute atomic E-state index is 0.0286. The normalized spacial score (nSPS) is 24.5. The Kier molecular flexibility index (Phi) is 13.1. The van der Waals surface area contributed by atoms with Gasteiger partial charge in [-0.15, -0.1) is 0 Å². The molecule has 4 fully saturated rings. The van der Waals surface area contributed by atoms with E-state index in [1.54, 1.807) is 7.05 Å². The molecular formula is C53H56ClF4N7O6. The summed E-state index contributed by atoms with van der Waals surface area (Å²) in [5.74, 6) is -7.52. The third-order valence-electron chi connectivity index (χ3n) is 16.2. The number of imide groups is 1. The van der Waals surface area contributed by atoms with E-state index in [2.05, 4.69) is 20.6 Å². The van der Waals surface area contributed by atoms with Gasteiger partial charge in [0, 0.05) is 90.7 Å². The molecule has 5 heterocycles. The number of aromatic nitrogens is 2. The number of ether oxygens (including phenoxy) is 1. The van der Waals surface area contributed by atoms with Gasteiger partial charge in [0.1, 0.15) is 22.9 Å². The van der Waals surface area contributed by atoms with E-state index in [9.17, 15) is 24.3 Å². The standard InChI is InChI=1S/C53H56ClF4N7O6/c1-27-41-39(25-37(56)45(54)44(41)43-33(50(59)68)12-14-38(66)46(43)57)71-53(27,30-6-4-3-5-7-30)26-60-31-10-8-29(9-11-31)52(70)65-22-18-32(19-23-65)64-20-16-28(17-21-64)42-36(55)24-35-48(62-63(2)49(35)47(42)58)34-13-15-40(67)61-51(34)69/h3-7,12,14,24-25,27-29,31-32,34,60,66H,8-11,13,15-23,26H2,1-2H3,(H2,59,68)(H,61,67,69)/t27-,29?,31?,34?,53-/m0/s1. The molecule has 1 saturated carbocycles. The molecule has 5 N–H and O–H groups in total. The number of primary amides is 1. The summed E-state index contributed by atoms with van der Waals surface area (Å²) in [5, 5.41) is 20.6. The number of amides is 4. The van der Waals surface area contributed by atoms with Crippen molar-refractivity contribution in [1.29, 1.82) is 0 Å². The number of phenols is 1. The summed E-state index contributed by atoms with van der Waals surface area (Å²) < 4.78 is 71.8. The zero-order valence-electron chi connectivity index (χ0n) is 39.5. The number of phenolic OH excluding ortho intramolecular Hbond substituents is 1. The van der Waals surface area contributed by atoms with Crippen LogP contribution in [-0.2, 0) is 27.0 Å². The maximum Gasteiger partial charge on any atom is 0.249 e. The highest BCUT2D eigenvalue weighted by molar-refractivity contribution is 6.34. The second-order valence-electron chi connectivity index (χ2n) is 20.0. The van der Waals surface area contributed by atoms with Crippen LogP contribution in [0.15, 0.2) is 54.6 Å². The first kappa shape index (κ1) is 48.6. The van der Waals surface area contributed by atoms with Crippen molar-refractivity contribution < 1.29 is 46.6 Å². The van der Waals surface area contributed by atoms with Crippen LogP contribution >= 0.6 is 11.6 Å². The van der Waals surface area contributed by atoms with E-state index in [1.165, 1.54) is 16.8 Å². The summed E-state index contributed by atoms with van der Waals surface area (Å²) in [7, 11) is 1.58. The molecule has 0 spiro atoms. The number of nitrogens with one attached hydrogen (secondary N) is 2. The molecule has 4 aliphatic heterocycles. The number of hydrogen-bond donors (Lipinski definition) is 4. The van der Waals surface area contributed by atoms with E-state index in [0.717, 1.165) is 43.4 Å². The van der Waals surface area contributed by atoms with Crippen LogP contribution in [0.2, 0.25) is 5.02 Å². The molecule has 1 unspecified atom stereocenters. The van der Waals surface area contributed by atoms with Gasteiger partial charge in [0.15, 0.2) is 23.0 Å². The predicted molar refractivity (Wildman–Crippen MR) is 257 cm³/mol. The molecular weight excluding hydrogens is 942 g/mol. The van der Waals surface area contributed by atoms with Crippen LogP contribution < -0.4 is 21.1 Å². The Morgan fingerprint density at radius 3 is 2.27 bits per heavy atom. The first-order valence-corrected chi connectivity index (χ1v) is 25.0. The molecule has 5 aromatic rings. The number of nitrogens with zero attached hydrogens (tertiary/aromatic N) is 4. The van der Waals surface area contributed by atoms with E-state index in [1.807, 2.05) is 42.2 Å². The third-order valence-corrected chi connectivity index (χ3v) is 16.5. The quantitative estimate of drug-likeness (QED) is 0.0796. The highest BCUT2D eigenvalue weighted by Gasteiger charge is 2.50. The van der Waals surface area contributed by atoms with Gasteiger partial charge in [0.05, 0.1) is 22.2 Å². The molecule has 18 heteroatoms. The number of aromatic hydroxyl groups is 1. The largest absolute Gasteiger partial charge is 0.505 e. The van der Waals surface area contributed by atoms with Crippen LogP contribution in [0, 0.1) is 29.2 Å². The van der Waals surface area contributed by atoms with Crippen molar-refractivity contribution in [2.75, 3.05) is 32.7 Å². The number of carbonyl (C=O) groups is 4. The van der Waals surface area contributed by atoms with Gasteiger partial charge in [0.25, 0.3) is 0 Å². The fourth-order valence-electron chi connectivity index (χ4n) is 12.3. The van der Waals surface area contributed by atoms with E-state index in [0.29, 0.717) is 57.4 Å². The number of benzene rings is 4. The van der Waals surface area contributed by atoms with Crippen LogP contribution in [0.4, 0.5) is 17.6 Å². The molecule has 0 bridgehead atoms. The number of rotatable bonds is 10. The lowest BCUT2D eigenvalue weighted by Crippen LogP contribution is -2.51. The highest BCUT2D eigenvalue weighted by Crippen LogP contribution is 2.56. The highest BCUT2D eigenvalue weighted by atomic mass is 35.5. The molecule has 3 atom stereocenters. The number of likely N-dealkylation sites (tertiary alicyclic amines) is 2. The van der Waals surface area contributed by atoms with E-state index in [4.69, 9.17) is 22.1 Å². The van der Waals surface area contributed by atoms with E-state index >= 15 is 17.6 Å². The van der Waals surface area contributed by atoms with Crippen molar-refractivity contribution in [3.8, 4) is 22.6 Å². The predicted octanol–water partition coefficient (Wildman–Crippen LogP) is 8.19. The Hall–Kier alpha value is -6.04. The van der Waals surface area contributed by atoms with Crippen molar-refractivity contribution in [2.24, 2.45) is 18.7 Å². The Bertz CT molecular complexity index is 2950. The number of halogens is 5. The number of piperidine rings is 3. The Morgan fingerprint density at radius 1 is 0.887 bits per heavy atom. The molecule has 0 radical (unpaired) electrons. The van der Waals surface area contributed by atoms with Crippen LogP contribution in [0.25, 0.3) is 22.0 Å².